The van der Waals surface area contributed by atoms with Crippen LogP contribution in [0.3, 0.4) is 0 Å². The van der Waals surface area contributed by atoms with Crippen molar-refractivity contribution < 1.29 is 0 Å². The fourth-order valence-electron chi connectivity index (χ4n) is 0.554. The van der Waals surface area contributed by atoms with Gasteiger partial charge in [-0.2, -0.15) is 0 Å². The van der Waals surface area contributed by atoms with Gasteiger partial charge in [-0.25, -0.2) is 0 Å². The van der Waals surface area contributed by atoms with Crippen LogP contribution in [0.5, 0.6) is 0 Å². The van der Waals surface area contributed by atoms with Crippen LogP contribution in [0.1, 0.15) is 33.6 Å². The quantitative estimate of drug-likeness (QED) is 0.506. The second-order valence-electron chi connectivity index (χ2n) is 2.22. The lowest BCUT2D eigenvalue weighted by atomic mass is 10.2. The Morgan fingerprint density at radius 2 is 2.00 bits per heavy atom. The maximum Gasteiger partial charge on any atom is -0.0142 e. The van der Waals surface area contributed by atoms with Crippen molar-refractivity contribution in [2.45, 2.75) is 33.6 Å². The van der Waals surface area contributed by atoms with Gasteiger partial charge in [0, 0.05) is 0 Å². The van der Waals surface area contributed by atoms with Gasteiger partial charge in [0.2, 0.25) is 0 Å². The highest BCUT2D eigenvalue weighted by atomic mass is 13.9. The molecule has 0 N–H and O–H groups in total. The molecule has 0 bridgehead atoms. The molecule has 0 heterocycles. The summed E-state index contributed by atoms with van der Waals surface area (Å²) < 4.78 is 0. The summed E-state index contributed by atoms with van der Waals surface area (Å²) in [5.74, 6) is 0. The van der Waals surface area contributed by atoms with Gasteiger partial charge in [-0.3, -0.25) is 0 Å². The molecule has 0 spiro atoms. The average molecular weight is 124 g/mol. The van der Waals surface area contributed by atoms with Gasteiger partial charge in [0.1, 0.15) is 0 Å². The average Bonchev–Trinajstić information content (AvgIpc) is 1.89. The molecule has 0 saturated carbocycles. The summed E-state index contributed by atoms with van der Waals surface area (Å²) in [6.07, 6.45) is 8.84. The summed E-state index contributed by atoms with van der Waals surface area (Å²) in [4.78, 5) is 0. The summed E-state index contributed by atoms with van der Waals surface area (Å²) in [5.41, 5.74) is 1.44. The van der Waals surface area contributed by atoms with Gasteiger partial charge in [-0.1, -0.05) is 30.7 Å². The Bertz CT molecular complexity index is 107. The van der Waals surface area contributed by atoms with E-state index in [2.05, 4.69) is 39.0 Å². The van der Waals surface area contributed by atoms with Gasteiger partial charge in [-0.05, 0) is 26.7 Å². The molecule has 0 radical (unpaired) electrons. The fraction of sp³-hybridized carbons (Fsp3) is 0.556. The first-order chi connectivity index (χ1) is 4.31. The molecular formula is C9H16. The van der Waals surface area contributed by atoms with Crippen LogP contribution in [-0.2, 0) is 0 Å². The van der Waals surface area contributed by atoms with E-state index in [1.807, 2.05) is 0 Å². The summed E-state index contributed by atoms with van der Waals surface area (Å²) in [6, 6.07) is 0. The van der Waals surface area contributed by atoms with Crippen molar-refractivity contribution in [3.8, 4) is 0 Å². The molecule has 0 aliphatic carbocycles. The largest absolute Gasteiger partial charge is 0.0885 e. The molecule has 0 fully saturated rings. The van der Waals surface area contributed by atoms with Crippen molar-refractivity contribution in [2.75, 3.05) is 0 Å². The molecule has 0 aliphatic rings. The molecule has 0 aliphatic heterocycles. The summed E-state index contributed by atoms with van der Waals surface area (Å²) in [7, 11) is 0. The molecule has 0 amide bonds. The zero-order valence-corrected chi connectivity index (χ0v) is 6.65. The Labute approximate surface area is 58.3 Å². The third-order valence-corrected chi connectivity index (χ3v) is 1.33. The van der Waals surface area contributed by atoms with Gasteiger partial charge >= 0.3 is 0 Å². The molecule has 0 atom stereocenters. The topological polar surface area (TPSA) is 0 Å². The first-order valence-electron chi connectivity index (χ1n) is 3.58. The van der Waals surface area contributed by atoms with Crippen molar-refractivity contribution in [3.63, 3.8) is 0 Å². The fourth-order valence-corrected chi connectivity index (χ4v) is 0.554. The zero-order valence-electron chi connectivity index (χ0n) is 6.65. The van der Waals surface area contributed by atoms with Crippen LogP contribution >= 0.6 is 0 Å². The first kappa shape index (κ1) is 8.48. The maximum atomic E-state index is 2.22. The standard InChI is InChI=1S/C9H16/c1-4-6-7-8-9(3)5-2/h5-7H,4,8H2,1-3H3. The van der Waals surface area contributed by atoms with Crippen LogP contribution in [0, 0.1) is 0 Å². The minimum Gasteiger partial charge on any atom is -0.0885 e. The van der Waals surface area contributed by atoms with Gasteiger partial charge in [0.15, 0.2) is 0 Å². The highest BCUT2D eigenvalue weighted by Gasteiger charge is 1.78. The molecule has 0 aromatic rings. The molecule has 52 valence electrons. The lowest BCUT2D eigenvalue weighted by Crippen LogP contribution is -1.69. The van der Waals surface area contributed by atoms with Crippen molar-refractivity contribution in [1.29, 1.82) is 0 Å². The van der Waals surface area contributed by atoms with Gasteiger partial charge in [0.25, 0.3) is 0 Å². The molecule has 0 aromatic carbocycles. The van der Waals surface area contributed by atoms with Crippen LogP contribution in [0.2, 0.25) is 0 Å². The molecule has 0 heteroatoms. The van der Waals surface area contributed by atoms with Crippen molar-refractivity contribution >= 4 is 0 Å². The van der Waals surface area contributed by atoms with E-state index < -0.39 is 0 Å². The first-order valence-corrected chi connectivity index (χ1v) is 3.58. The predicted octanol–water partition coefficient (Wildman–Crippen LogP) is 3.31. The second kappa shape index (κ2) is 5.61. The van der Waals surface area contributed by atoms with E-state index in [0.29, 0.717) is 0 Å². The predicted molar refractivity (Wildman–Crippen MR) is 43.5 cm³/mol. The molecule has 0 rings (SSSR count). The molecule has 9 heavy (non-hydrogen) atoms. The van der Waals surface area contributed by atoms with Gasteiger partial charge in [0.05, 0.1) is 0 Å². The van der Waals surface area contributed by atoms with E-state index in [0.717, 1.165) is 12.8 Å². The van der Waals surface area contributed by atoms with Gasteiger partial charge in [-0.15, -0.1) is 0 Å². The normalized spacial score (nSPS) is 13.0. The van der Waals surface area contributed by atoms with E-state index in [-0.39, 0.29) is 0 Å². The number of hydrogen-bond acceptors (Lipinski definition) is 0. The SMILES string of the molecule is CC=C(C)CC=CCC. The number of rotatable bonds is 3. The summed E-state index contributed by atoms with van der Waals surface area (Å²) in [6.45, 7) is 6.39. The molecule has 0 aromatic heterocycles. The van der Waals surface area contributed by atoms with E-state index >= 15 is 0 Å². The van der Waals surface area contributed by atoms with Crippen LogP contribution in [-0.4, -0.2) is 0 Å². The van der Waals surface area contributed by atoms with E-state index in [4.69, 9.17) is 0 Å². The Morgan fingerprint density at radius 3 is 2.44 bits per heavy atom. The number of allylic oxidation sites excluding steroid dienone is 4. The monoisotopic (exact) mass is 124 g/mol. The maximum absolute atomic E-state index is 2.22. The Hall–Kier alpha value is -0.520. The van der Waals surface area contributed by atoms with Crippen LogP contribution in [0.15, 0.2) is 23.8 Å². The third kappa shape index (κ3) is 5.35. The van der Waals surface area contributed by atoms with Crippen LogP contribution in [0.25, 0.3) is 0 Å². The minimum atomic E-state index is 1.12. The smallest absolute Gasteiger partial charge is 0.0142 e. The second-order valence-corrected chi connectivity index (χ2v) is 2.22. The van der Waals surface area contributed by atoms with E-state index in [9.17, 15) is 0 Å². The molecule has 0 unspecified atom stereocenters. The number of hydrogen-bond donors (Lipinski definition) is 0. The lowest BCUT2D eigenvalue weighted by Gasteiger charge is -1.89. The molecule has 0 nitrogen and oxygen atoms in total. The van der Waals surface area contributed by atoms with Crippen molar-refractivity contribution in [1.82, 2.24) is 0 Å². The van der Waals surface area contributed by atoms with Crippen LogP contribution in [0.4, 0.5) is 0 Å². The zero-order chi connectivity index (χ0) is 7.11. The Kier molecular flexibility index (Phi) is 5.29. The Balaban J connectivity index is 3.38. The van der Waals surface area contributed by atoms with Gasteiger partial charge < -0.3 is 0 Å². The minimum absolute atomic E-state index is 1.12. The Morgan fingerprint density at radius 1 is 1.33 bits per heavy atom. The molecule has 0 saturated heterocycles. The van der Waals surface area contributed by atoms with Crippen molar-refractivity contribution in [3.05, 3.63) is 23.8 Å². The third-order valence-electron chi connectivity index (χ3n) is 1.33. The van der Waals surface area contributed by atoms with E-state index in [1.54, 1.807) is 0 Å². The highest BCUT2D eigenvalue weighted by Crippen LogP contribution is 1.99. The molecular weight excluding hydrogens is 108 g/mol. The summed E-state index contributed by atoms with van der Waals surface area (Å²) >= 11 is 0. The lowest BCUT2D eigenvalue weighted by molar-refractivity contribution is 1.15. The van der Waals surface area contributed by atoms with E-state index in [1.165, 1.54) is 5.57 Å². The summed E-state index contributed by atoms with van der Waals surface area (Å²) in [5, 5.41) is 0. The van der Waals surface area contributed by atoms with Crippen molar-refractivity contribution in [2.24, 2.45) is 0 Å². The highest BCUT2D eigenvalue weighted by molar-refractivity contribution is 5.02. The van der Waals surface area contributed by atoms with Crippen LogP contribution < -0.4 is 0 Å².